The molecule has 4 rings (SSSR count). The van der Waals surface area contributed by atoms with Gasteiger partial charge in [-0.3, -0.25) is 4.57 Å². The first-order valence-electron chi connectivity index (χ1n) is 7.54. The van der Waals surface area contributed by atoms with Crippen molar-refractivity contribution in [3.8, 4) is 5.88 Å². The van der Waals surface area contributed by atoms with Crippen molar-refractivity contribution in [3.63, 3.8) is 0 Å². The van der Waals surface area contributed by atoms with Gasteiger partial charge in [-0.25, -0.2) is 9.18 Å². The Morgan fingerprint density at radius 3 is 3.17 bits per heavy atom. The molecule has 6 nitrogen and oxygen atoms in total. The zero-order valence-corrected chi connectivity index (χ0v) is 12.4. The van der Waals surface area contributed by atoms with E-state index >= 15 is 0 Å². The maximum atomic E-state index is 13.2. The summed E-state index contributed by atoms with van der Waals surface area (Å²) in [6.45, 7) is 1.97. The lowest BCUT2D eigenvalue weighted by Crippen LogP contribution is -2.39. The van der Waals surface area contributed by atoms with E-state index in [9.17, 15) is 9.18 Å². The number of ether oxygens (including phenoxy) is 2. The number of aromatic nitrogens is 2. The van der Waals surface area contributed by atoms with Crippen molar-refractivity contribution in [3.05, 3.63) is 52.2 Å². The van der Waals surface area contributed by atoms with Crippen LogP contribution in [0.25, 0.3) is 0 Å². The van der Waals surface area contributed by atoms with Crippen molar-refractivity contribution in [2.45, 2.75) is 25.6 Å². The molecular formula is C16H16FN3O3. The third kappa shape index (κ3) is 2.68. The Kier molecular flexibility index (Phi) is 3.49. The van der Waals surface area contributed by atoms with Crippen molar-refractivity contribution in [1.82, 2.24) is 9.55 Å². The highest BCUT2D eigenvalue weighted by Gasteiger charge is 2.33. The van der Waals surface area contributed by atoms with Crippen LogP contribution in [0.3, 0.4) is 0 Å². The summed E-state index contributed by atoms with van der Waals surface area (Å²) in [5.74, 6) is 0.696. The topological polar surface area (TPSA) is 56.6 Å². The molecule has 0 radical (unpaired) electrons. The molecule has 2 aromatic rings. The fourth-order valence-electron chi connectivity index (χ4n) is 3.04. The highest BCUT2D eigenvalue weighted by Crippen LogP contribution is 2.30. The zero-order valence-electron chi connectivity index (χ0n) is 12.4. The molecule has 7 heteroatoms. The molecule has 3 heterocycles. The van der Waals surface area contributed by atoms with Crippen molar-refractivity contribution < 1.29 is 13.9 Å². The molecule has 1 fully saturated rings. The van der Waals surface area contributed by atoms with Crippen molar-refractivity contribution in [2.24, 2.45) is 0 Å². The normalized spacial score (nSPS) is 19.3. The van der Waals surface area contributed by atoms with E-state index in [-0.39, 0.29) is 30.0 Å². The first kappa shape index (κ1) is 14.2. The average molecular weight is 317 g/mol. The van der Waals surface area contributed by atoms with E-state index in [1.165, 1.54) is 12.1 Å². The summed E-state index contributed by atoms with van der Waals surface area (Å²) in [4.78, 5) is 18.2. The standard InChI is InChI=1S/C16H16FN3O3/c17-12-3-1-2-11(6-12)9-23-14-7-15-19(16(21)18-14)8-13-4-5-22-10-20(13)15/h1-3,6-7,13H,4-5,8-10H2. The summed E-state index contributed by atoms with van der Waals surface area (Å²) in [7, 11) is 0. The molecule has 0 bridgehead atoms. The third-order valence-electron chi connectivity index (χ3n) is 4.20. The summed E-state index contributed by atoms with van der Waals surface area (Å²) in [6.07, 6.45) is 0.889. The minimum absolute atomic E-state index is 0.160. The van der Waals surface area contributed by atoms with E-state index in [1.54, 1.807) is 22.8 Å². The van der Waals surface area contributed by atoms with Crippen LogP contribution in [0.15, 0.2) is 35.1 Å². The van der Waals surface area contributed by atoms with Gasteiger partial charge in [-0.1, -0.05) is 12.1 Å². The predicted molar refractivity (Wildman–Crippen MR) is 80.9 cm³/mol. The molecule has 0 amide bonds. The Morgan fingerprint density at radius 2 is 2.30 bits per heavy atom. The molecule has 1 aromatic heterocycles. The van der Waals surface area contributed by atoms with Gasteiger partial charge in [-0.2, -0.15) is 4.98 Å². The number of hydrogen-bond donors (Lipinski definition) is 0. The van der Waals surface area contributed by atoms with Crippen LogP contribution in [0.2, 0.25) is 0 Å². The van der Waals surface area contributed by atoms with Gasteiger partial charge in [0.1, 0.15) is 25.0 Å². The van der Waals surface area contributed by atoms with Gasteiger partial charge in [-0.05, 0) is 24.1 Å². The summed E-state index contributed by atoms with van der Waals surface area (Å²) in [5.41, 5.74) is 0.359. The van der Waals surface area contributed by atoms with E-state index in [0.29, 0.717) is 25.4 Å². The summed E-state index contributed by atoms with van der Waals surface area (Å²) in [5, 5.41) is 0. The lowest BCUT2D eigenvalue weighted by molar-refractivity contribution is 0.0903. The Balaban J connectivity index is 1.57. The second-order valence-electron chi connectivity index (χ2n) is 5.71. The molecule has 0 aliphatic carbocycles. The van der Waals surface area contributed by atoms with Crippen molar-refractivity contribution in [2.75, 3.05) is 18.2 Å². The molecule has 0 N–H and O–H groups in total. The molecule has 0 spiro atoms. The quantitative estimate of drug-likeness (QED) is 0.859. The second kappa shape index (κ2) is 5.66. The molecule has 120 valence electrons. The highest BCUT2D eigenvalue weighted by molar-refractivity contribution is 5.46. The Bertz CT molecular complexity index is 792. The minimum atomic E-state index is -0.328. The molecule has 23 heavy (non-hydrogen) atoms. The molecule has 1 saturated heterocycles. The van der Waals surface area contributed by atoms with Gasteiger partial charge < -0.3 is 14.4 Å². The van der Waals surface area contributed by atoms with Crippen LogP contribution in [-0.2, 0) is 17.9 Å². The maximum absolute atomic E-state index is 13.2. The van der Waals surface area contributed by atoms with Crippen LogP contribution < -0.4 is 15.3 Å². The average Bonchev–Trinajstić information content (AvgIpc) is 2.93. The van der Waals surface area contributed by atoms with Crippen LogP contribution in [0.4, 0.5) is 10.2 Å². The SMILES string of the molecule is O=c1nc(OCc2cccc(F)c2)cc2n1CC1CCOCN21. The van der Waals surface area contributed by atoms with Gasteiger partial charge in [0.05, 0.1) is 12.6 Å². The van der Waals surface area contributed by atoms with Gasteiger partial charge >= 0.3 is 5.69 Å². The number of hydrogen-bond acceptors (Lipinski definition) is 5. The van der Waals surface area contributed by atoms with Gasteiger partial charge in [-0.15, -0.1) is 0 Å². The van der Waals surface area contributed by atoms with Crippen LogP contribution >= 0.6 is 0 Å². The van der Waals surface area contributed by atoms with Gasteiger partial charge in [0.25, 0.3) is 0 Å². The maximum Gasteiger partial charge on any atom is 0.352 e. The van der Waals surface area contributed by atoms with E-state index in [2.05, 4.69) is 9.88 Å². The molecule has 1 unspecified atom stereocenters. The number of fused-ring (bicyclic) bond motifs is 3. The summed E-state index contributed by atoms with van der Waals surface area (Å²) in [6, 6.07) is 8.17. The Morgan fingerprint density at radius 1 is 1.39 bits per heavy atom. The molecule has 0 saturated carbocycles. The first-order valence-corrected chi connectivity index (χ1v) is 7.54. The van der Waals surface area contributed by atoms with Crippen LogP contribution in [0, 0.1) is 5.82 Å². The monoisotopic (exact) mass is 317 g/mol. The molecule has 1 atom stereocenters. The van der Waals surface area contributed by atoms with Gasteiger partial charge in [0.15, 0.2) is 0 Å². The van der Waals surface area contributed by atoms with E-state index < -0.39 is 0 Å². The lowest BCUT2D eigenvalue weighted by atomic mass is 10.2. The fraction of sp³-hybridized carbons (Fsp3) is 0.375. The van der Waals surface area contributed by atoms with Crippen molar-refractivity contribution in [1.29, 1.82) is 0 Å². The summed E-state index contributed by atoms with van der Waals surface area (Å²) < 4.78 is 25.9. The minimum Gasteiger partial charge on any atom is -0.473 e. The predicted octanol–water partition coefficient (Wildman–Crippen LogP) is 1.53. The smallest absolute Gasteiger partial charge is 0.352 e. The number of anilines is 1. The van der Waals surface area contributed by atoms with Crippen LogP contribution in [-0.4, -0.2) is 28.9 Å². The molecule has 2 aliphatic rings. The summed E-state index contributed by atoms with van der Waals surface area (Å²) >= 11 is 0. The largest absolute Gasteiger partial charge is 0.473 e. The molecule has 2 aliphatic heterocycles. The molecular weight excluding hydrogens is 301 g/mol. The van der Waals surface area contributed by atoms with E-state index in [0.717, 1.165) is 12.2 Å². The van der Waals surface area contributed by atoms with E-state index in [4.69, 9.17) is 9.47 Å². The lowest BCUT2D eigenvalue weighted by Gasteiger charge is -2.30. The van der Waals surface area contributed by atoms with E-state index in [1.807, 2.05) is 0 Å². The van der Waals surface area contributed by atoms with Gasteiger partial charge in [0.2, 0.25) is 5.88 Å². The number of rotatable bonds is 3. The van der Waals surface area contributed by atoms with Crippen LogP contribution in [0.5, 0.6) is 5.88 Å². The first-order chi connectivity index (χ1) is 11.2. The second-order valence-corrected chi connectivity index (χ2v) is 5.71. The molecule has 1 aromatic carbocycles. The highest BCUT2D eigenvalue weighted by atomic mass is 19.1. The van der Waals surface area contributed by atoms with Crippen molar-refractivity contribution >= 4 is 5.82 Å². The number of halogens is 1. The van der Waals surface area contributed by atoms with Gasteiger partial charge in [0, 0.05) is 12.6 Å². The fourth-order valence-corrected chi connectivity index (χ4v) is 3.04. The number of benzene rings is 1. The third-order valence-corrected chi connectivity index (χ3v) is 4.20. The Labute approximate surface area is 132 Å². The Hall–Kier alpha value is -2.41. The zero-order chi connectivity index (χ0) is 15.8. The van der Waals surface area contributed by atoms with Crippen LogP contribution in [0.1, 0.15) is 12.0 Å². The number of nitrogens with zero attached hydrogens (tertiary/aromatic N) is 3.